The molecule has 2 aliphatic heterocycles. The summed E-state index contributed by atoms with van der Waals surface area (Å²) in [6, 6.07) is 22.7. The summed E-state index contributed by atoms with van der Waals surface area (Å²) in [6.45, 7) is 27.3. The first-order valence-electron chi connectivity index (χ1n) is 21.2. The molecule has 2 aromatic carbocycles. The van der Waals surface area contributed by atoms with E-state index in [0.29, 0.717) is 0 Å². The molecular weight excluding hydrogens is 709 g/mol. The van der Waals surface area contributed by atoms with Gasteiger partial charge in [0.15, 0.2) is 0 Å². The molecule has 0 spiro atoms. The molecule has 0 saturated heterocycles. The standard InChI is InChI=1S/C54H69N2O2/c1-51(2,3)40-28-39(29-41(32-40)52(4,5)6)50-35(20-22-37-30-48(53(7,8)9)57-46-33-42(55(13)14)24-26-44(37)46)18-17-19-36(50)21-23-38-31-49(54(10,11)12)58-47-34-43(56(15)16)25-27-45(38)47/h20-34H,17-19H2,1-16H3/q+1. The number of nitrogens with zero attached hydrogens (tertiary/aromatic N) is 2. The van der Waals surface area contributed by atoms with Crippen LogP contribution < -0.4 is 19.6 Å². The van der Waals surface area contributed by atoms with E-state index in [9.17, 15) is 0 Å². The van der Waals surface area contributed by atoms with Gasteiger partial charge in [0.05, 0.1) is 6.07 Å². The zero-order valence-electron chi connectivity index (χ0n) is 38.5. The van der Waals surface area contributed by atoms with E-state index in [1.54, 1.807) is 0 Å². The summed E-state index contributed by atoms with van der Waals surface area (Å²) in [5.41, 5.74) is 13.6. The molecule has 2 heterocycles. The van der Waals surface area contributed by atoms with Crippen molar-refractivity contribution in [1.82, 2.24) is 4.58 Å². The van der Waals surface area contributed by atoms with E-state index in [0.717, 1.165) is 64.5 Å². The lowest BCUT2D eigenvalue weighted by Gasteiger charge is -2.30. The molecule has 0 saturated carbocycles. The van der Waals surface area contributed by atoms with Gasteiger partial charge in [-0.05, 0) is 105 Å². The molecule has 0 bridgehead atoms. The highest BCUT2D eigenvalue weighted by Crippen LogP contribution is 2.44. The third-order valence-corrected chi connectivity index (χ3v) is 11.5. The first-order valence-corrected chi connectivity index (χ1v) is 21.2. The van der Waals surface area contributed by atoms with Crippen molar-refractivity contribution in [3.05, 3.63) is 141 Å². The highest BCUT2D eigenvalue weighted by atomic mass is 16.5. The van der Waals surface area contributed by atoms with E-state index in [1.165, 1.54) is 44.5 Å². The van der Waals surface area contributed by atoms with Crippen LogP contribution in [0.4, 0.5) is 5.69 Å². The number of ether oxygens (including phenoxy) is 1. The molecule has 306 valence electrons. The smallest absolute Gasteiger partial charge is 0.203 e. The van der Waals surface area contributed by atoms with Crippen LogP contribution in [-0.2, 0) is 16.2 Å². The summed E-state index contributed by atoms with van der Waals surface area (Å²) in [7, 11) is 8.31. The Morgan fingerprint density at radius 3 is 1.90 bits per heavy atom. The van der Waals surface area contributed by atoms with Gasteiger partial charge < -0.3 is 14.1 Å². The molecule has 0 amide bonds. The van der Waals surface area contributed by atoms with Gasteiger partial charge in [0, 0.05) is 53.9 Å². The van der Waals surface area contributed by atoms with Crippen LogP contribution in [0.1, 0.15) is 136 Å². The largest absolute Gasteiger partial charge is 0.460 e. The fraction of sp³-hybridized carbons (Fsp3) is 0.426. The van der Waals surface area contributed by atoms with Crippen LogP contribution in [0.25, 0.3) is 28.5 Å². The van der Waals surface area contributed by atoms with Crippen LogP contribution in [0.2, 0.25) is 0 Å². The Morgan fingerprint density at radius 1 is 0.655 bits per heavy atom. The summed E-state index contributed by atoms with van der Waals surface area (Å²) < 4.78 is 15.3. The summed E-state index contributed by atoms with van der Waals surface area (Å²) >= 11 is 0. The van der Waals surface area contributed by atoms with Crippen molar-refractivity contribution in [3.63, 3.8) is 0 Å². The minimum absolute atomic E-state index is 0.000312. The highest BCUT2D eigenvalue weighted by molar-refractivity contribution is 5.88. The van der Waals surface area contributed by atoms with Crippen LogP contribution >= 0.6 is 0 Å². The maximum Gasteiger partial charge on any atom is 0.203 e. The lowest BCUT2D eigenvalue weighted by Crippen LogP contribution is -2.21. The van der Waals surface area contributed by atoms with Crippen molar-refractivity contribution >= 4 is 22.9 Å². The monoisotopic (exact) mass is 778 g/mol. The highest BCUT2D eigenvalue weighted by Gasteiger charge is 2.28. The molecule has 0 fully saturated rings. The molecular formula is C54H69N2O2+. The Balaban J connectivity index is 1.61. The first-order chi connectivity index (χ1) is 26.9. The van der Waals surface area contributed by atoms with Gasteiger partial charge >= 0.3 is 0 Å². The molecule has 2 aliphatic carbocycles. The Morgan fingerprint density at radius 2 is 1.31 bits per heavy atom. The number of rotatable bonds is 5. The van der Waals surface area contributed by atoms with E-state index < -0.39 is 0 Å². The van der Waals surface area contributed by atoms with Gasteiger partial charge in [0.25, 0.3) is 0 Å². The van der Waals surface area contributed by atoms with Crippen molar-refractivity contribution in [3.8, 4) is 17.1 Å². The maximum atomic E-state index is 6.60. The summed E-state index contributed by atoms with van der Waals surface area (Å²) in [5.74, 6) is 3.78. The number of hydrogen-bond acceptors (Lipinski definition) is 3. The van der Waals surface area contributed by atoms with Gasteiger partial charge in [-0.15, -0.1) is 0 Å². The van der Waals surface area contributed by atoms with Gasteiger partial charge in [0.1, 0.15) is 37.1 Å². The maximum absolute atomic E-state index is 6.60. The van der Waals surface area contributed by atoms with E-state index in [4.69, 9.17) is 9.15 Å². The van der Waals surface area contributed by atoms with E-state index in [-0.39, 0.29) is 21.7 Å². The molecule has 0 N–H and O–H groups in total. The molecule has 2 aromatic rings. The van der Waals surface area contributed by atoms with E-state index in [1.807, 2.05) is 0 Å². The third kappa shape index (κ3) is 9.38. The van der Waals surface area contributed by atoms with Gasteiger partial charge in [-0.25, -0.2) is 4.58 Å². The average molecular weight is 778 g/mol. The second kappa shape index (κ2) is 15.7. The number of fused-ring (bicyclic) bond motifs is 2. The van der Waals surface area contributed by atoms with E-state index in [2.05, 4.69) is 212 Å². The molecule has 4 aliphatic rings. The second-order valence-corrected chi connectivity index (χ2v) is 21.0. The molecule has 4 nitrogen and oxygen atoms in total. The van der Waals surface area contributed by atoms with Gasteiger partial charge in [-0.1, -0.05) is 126 Å². The second-order valence-electron chi connectivity index (χ2n) is 21.0. The first kappa shape index (κ1) is 42.8. The van der Waals surface area contributed by atoms with E-state index >= 15 is 0 Å². The lowest BCUT2D eigenvalue weighted by molar-refractivity contribution is 0.291. The summed E-state index contributed by atoms with van der Waals surface area (Å²) in [5, 5.41) is 1.13. The van der Waals surface area contributed by atoms with Crippen LogP contribution in [0.15, 0.2) is 106 Å². The number of hydrogen-bond donors (Lipinski definition) is 0. The van der Waals surface area contributed by atoms with Gasteiger partial charge in [-0.2, -0.15) is 0 Å². The van der Waals surface area contributed by atoms with Gasteiger partial charge in [0.2, 0.25) is 5.36 Å². The lowest BCUT2D eigenvalue weighted by atomic mass is 9.76. The minimum atomic E-state index is -0.140. The van der Waals surface area contributed by atoms with Crippen molar-refractivity contribution in [2.75, 3.05) is 33.1 Å². The summed E-state index contributed by atoms with van der Waals surface area (Å²) in [6.07, 6.45) is 14.8. The molecule has 0 radical (unpaired) electrons. The molecule has 0 unspecified atom stereocenters. The molecule has 0 aromatic heterocycles. The number of anilines is 1. The predicted octanol–water partition coefficient (Wildman–Crippen LogP) is 13.4. The van der Waals surface area contributed by atoms with Crippen molar-refractivity contribution in [2.24, 2.45) is 5.41 Å². The Kier molecular flexibility index (Phi) is 11.6. The van der Waals surface area contributed by atoms with Crippen molar-refractivity contribution < 1.29 is 9.15 Å². The number of benzene rings is 3. The fourth-order valence-electron chi connectivity index (χ4n) is 7.62. The fourth-order valence-corrected chi connectivity index (χ4v) is 7.62. The van der Waals surface area contributed by atoms with Crippen LogP contribution in [0.5, 0.6) is 5.75 Å². The Hall–Kier alpha value is -4.83. The zero-order chi connectivity index (χ0) is 42.5. The molecule has 0 atom stereocenters. The Labute approximate surface area is 350 Å². The zero-order valence-corrected chi connectivity index (χ0v) is 38.5. The van der Waals surface area contributed by atoms with Crippen LogP contribution in [0.3, 0.4) is 0 Å². The van der Waals surface area contributed by atoms with Gasteiger partial charge in [-0.3, -0.25) is 0 Å². The van der Waals surface area contributed by atoms with Crippen molar-refractivity contribution in [2.45, 2.75) is 119 Å². The minimum Gasteiger partial charge on any atom is -0.460 e. The average Bonchev–Trinajstić information content (AvgIpc) is 3.13. The number of allylic oxidation sites excluding steroid dienone is 9. The SMILES string of the molecule is CN(C)c1ccc2c(c1)OC(C(C)(C)C)=C/C2=C\C=C1/CCCC(/C=C/c2cc(C(C)(C)C)oc3cc(=[N+](C)C)ccc2-3)=C1c1cc(C(C)(C)C)cc(C(C)(C)C)c1. The molecule has 4 heteroatoms. The van der Waals surface area contributed by atoms with Crippen molar-refractivity contribution in [1.29, 1.82) is 0 Å². The van der Waals surface area contributed by atoms with Crippen LogP contribution in [-0.4, -0.2) is 28.2 Å². The van der Waals surface area contributed by atoms with Crippen LogP contribution in [0, 0.1) is 5.41 Å². The molecule has 58 heavy (non-hydrogen) atoms. The Bertz CT molecular complexity index is 2370. The normalized spacial score (nSPS) is 16.9. The predicted molar refractivity (Wildman–Crippen MR) is 250 cm³/mol. The topological polar surface area (TPSA) is 28.6 Å². The molecule has 6 rings (SSSR count). The third-order valence-electron chi connectivity index (χ3n) is 11.5. The summed E-state index contributed by atoms with van der Waals surface area (Å²) in [4.78, 5) is 2.13. The quantitative estimate of drug-likeness (QED) is 0.189.